The molecule has 0 amide bonds. The van der Waals surface area contributed by atoms with Crippen LogP contribution in [0.3, 0.4) is 0 Å². The first kappa shape index (κ1) is 12.1. The SMILES string of the molecule is CC.CN1CCc2ccc(O)cc2CC1. The lowest BCUT2D eigenvalue weighted by atomic mass is 10.0. The molecule has 1 N–H and O–H groups in total. The second-order valence-electron chi connectivity index (χ2n) is 3.76. The van der Waals surface area contributed by atoms with E-state index in [0.717, 1.165) is 25.9 Å². The average molecular weight is 207 g/mol. The molecular weight excluding hydrogens is 186 g/mol. The highest BCUT2D eigenvalue weighted by molar-refractivity contribution is 5.35. The van der Waals surface area contributed by atoms with Gasteiger partial charge in [0.25, 0.3) is 0 Å². The summed E-state index contributed by atoms with van der Waals surface area (Å²) in [4.78, 5) is 2.33. The van der Waals surface area contributed by atoms with Crippen LogP contribution in [0.2, 0.25) is 0 Å². The molecule has 1 heterocycles. The number of fused-ring (bicyclic) bond motifs is 1. The number of likely N-dealkylation sites (N-methyl/N-ethyl adjacent to an activating group) is 1. The largest absolute Gasteiger partial charge is 0.508 e. The molecule has 0 radical (unpaired) electrons. The Labute approximate surface area is 92.5 Å². The predicted octanol–water partition coefficient (Wildman–Crippen LogP) is 2.45. The summed E-state index contributed by atoms with van der Waals surface area (Å²) in [5.74, 6) is 0.392. The summed E-state index contributed by atoms with van der Waals surface area (Å²) >= 11 is 0. The van der Waals surface area contributed by atoms with E-state index in [9.17, 15) is 5.11 Å². The molecule has 15 heavy (non-hydrogen) atoms. The quantitative estimate of drug-likeness (QED) is 0.706. The maximum atomic E-state index is 9.33. The number of hydrogen-bond donors (Lipinski definition) is 1. The Morgan fingerprint density at radius 1 is 1.07 bits per heavy atom. The number of hydrogen-bond acceptors (Lipinski definition) is 2. The second-order valence-corrected chi connectivity index (χ2v) is 3.76. The van der Waals surface area contributed by atoms with Crippen LogP contribution in [0.1, 0.15) is 25.0 Å². The number of nitrogens with zero attached hydrogens (tertiary/aromatic N) is 1. The van der Waals surface area contributed by atoms with Gasteiger partial charge in [0.1, 0.15) is 5.75 Å². The Balaban J connectivity index is 0.000000531. The Morgan fingerprint density at radius 2 is 1.67 bits per heavy atom. The topological polar surface area (TPSA) is 23.5 Å². The van der Waals surface area contributed by atoms with E-state index in [1.165, 1.54) is 11.1 Å². The molecule has 1 aromatic rings. The van der Waals surface area contributed by atoms with E-state index in [-0.39, 0.29) is 0 Å². The molecule has 0 atom stereocenters. The molecular formula is C13H21NO. The lowest BCUT2D eigenvalue weighted by Gasteiger charge is -2.10. The van der Waals surface area contributed by atoms with Crippen LogP contribution < -0.4 is 0 Å². The fraction of sp³-hybridized carbons (Fsp3) is 0.538. The minimum atomic E-state index is 0.392. The van der Waals surface area contributed by atoms with Gasteiger partial charge in [0, 0.05) is 13.1 Å². The van der Waals surface area contributed by atoms with Gasteiger partial charge in [0.05, 0.1) is 0 Å². The van der Waals surface area contributed by atoms with Crippen LogP contribution in [-0.2, 0) is 12.8 Å². The number of aromatic hydroxyl groups is 1. The summed E-state index contributed by atoms with van der Waals surface area (Å²) in [6.45, 7) is 6.22. The minimum absolute atomic E-state index is 0.392. The zero-order valence-electron chi connectivity index (χ0n) is 9.95. The van der Waals surface area contributed by atoms with E-state index < -0.39 is 0 Å². The molecule has 84 valence electrons. The van der Waals surface area contributed by atoms with Gasteiger partial charge in [-0.1, -0.05) is 19.9 Å². The van der Waals surface area contributed by atoms with Crippen molar-refractivity contribution in [2.24, 2.45) is 0 Å². The van der Waals surface area contributed by atoms with Crippen LogP contribution in [0.4, 0.5) is 0 Å². The molecule has 1 aromatic carbocycles. The molecule has 1 aliphatic heterocycles. The summed E-state index contributed by atoms with van der Waals surface area (Å²) in [5.41, 5.74) is 2.70. The van der Waals surface area contributed by atoms with E-state index in [1.54, 1.807) is 6.07 Å². The van der Waals surface area contributed by atoms with Gasteiger partial charge in [-0.15, -0.1) is 0 Å². The number of benzene rings is 1. The van der Waals surface area contributed by atoms with Gasteiger partial charge in [0.15, 0.2) is 0 Å². The molecule has 0 aliphatic carbocycles. The Morgan fingerprint density at radius 3 is 2.33 bits per heavy atom. The van der Waals surface area contributed by atoms with E-state index in [0.29, 0.717) is 5.75 Å². The Kier molecular flexibility index (Phi) is 4.63. The lowest BCUT2D eigenvalue weighted by Crippen LogP contribution is -2.20. The van der Waals surface area contributed by atoms with Crippen molar-refractivity contribution in [2.45, 2.75) is 26.7 Å². The van der Waals surface area contributed by atoms with E-state index in [2.05, 4.69) is 11.9 Å². The van der Waals surface area contributed by atoms with Gasteiger partial charge < -0.3 is 10.0 Å². The van der Waals surface area contributed by atoms with Crippen LogP contribution in [-0.4, -0.2) is 30.1 Å². The molecule has 0 aromatic heterocycles. The second kappa shape index (κ2) is 5.76. The van der Waals surface area contributed by atoms with Crippen molar-refractivity contribution in [3.63, 3.8) is 0 Å². The van der Waals surface area contributed by atoms with E-state index in [1.807, 2.05) is 26.0 Å². The number of phenols is 1. The molecule has 1 aliphatic rings. The van der Waals surface area contributed by atoms with Crippen LogP contribution in [0, 0.1) is 0 Å². The van der Waals surface area contributed by atoms with E-state index in [4.69, 9.17) is 0 Å². The number of phenolic OH excluding ortho intramolecular Hbond substituents is 1. The highest BCUT2D eigenvalue weighted by Crippen LogP contribution is 2.20. The third kappa shape index (κ3) is 3.24. The predicted molar refractivity (Wildman–Crippen MR) is 64.4 cm³/mol. The number of rotatable bonds is 0. The average Bonchev–Trinajstić information content (AvgIpc) is 2.44. The molecule has 0 saturated heterocycles. The van der Waals surface area contributed by atoms with Crippen LogP contribution in [0.5, 0.6) is 5.75 Å². The standard InChI is InChI=1S/C11H15NO.C2H6/c1-12-6-4-9-2-3-11(13)8-10(9)5-7-12;1-2/h2-3,8,13H,4-7H2,1H3;1-2H3. The minimum Gasteiger partial charge on any atom is -0.508 e. The first-order valence-corrected chi connectivity index (χ1v) is 5.75. The maximum Gasteiger partial charge on any atom is 0.115 e. The summed E-state index contributed by atoms with van der Waals surface area (Å²) in [5, 5.41) is 9.33. The first-order valence-electron chi connectivity index (χ1n) is 5.75. The van der Waals surface area contributed by atoms with Crippen molar-refractivity contribution in [1.82, 2.24) is 4.90 Å². The van der Waals surface area contributed by atoms with E-state index >= 15 is 0 Å². The monoisotopic (exact) mass is 207 g/mol. The fourth-order valence-electron chi connectivity index (χ4n) is 1.82. The summed E-state index contributed by atoms with van der Waals surface area (Å²) in [6.07, 6.45) is 2.16. The highest BCUT2D eigenvalue weighted by atomic mass is 16.3. The van der Waals surface area contributed by atoms with Crippen molar-refractivity contribution in [3.8, 4) is 5.75 Å². The molecule has 0 fully saturated rings. The van der Waals surface area contributed by atoms with Gasteiger partial charge >= 0.3 is 0 Å². The summed E-state index contributed by atoms with van der Waals surface area (Å²) in [7, 11) is 2.14. The van der Waals surface area contributed by atoms with Crippen molar-refractivity contribution in [1.29, 1.82) is 0 Å². The highest BCUT2D eigenvalue weighted by Gasteiger charge is 2.10. The first-order chi connectivity index (χ1) is 7.25. The van der Waals surface area contributed by atoms with Crippen LogP contribution >= 0.6 is 0 Å². The van der Waals surface area contributed by atoms with Crippen LogP contribution in [0.15, 0.2) is 18.2 Å². The molecule has 2 heteroatoms. The van der Waals surface area contributed by atoms with Crippen molar-refractivity contribution >= 4 is 0 Å². The third-order valence-corrected chi connectivity index (χ3v) is 2.72. The van der Waals surface area contributed by atoms with Gasteiger partial charge in [-0.2, -0.15) is 0 Å². The Bertz CT molecular complexity index is 309. The smallest absolute Gasteiger partial charge is 0.115 e. The molecule has 0 bridgehead atoms. The van der Waals surface area contributed by atoms with Gasteiger partial charge in [0.2, 0.25) is 0 Å². The van der Waals surface area contributed by atoms with Crippen molar-refractivity contribution < 1.29 is 5.11 Å². The summed E-state index contributed by atoms with van der Waals surface area (Å²) < 4.78 is 0. The van der Waals surface area contributed by atoms with Gasteiger partial charge in [-0.25, -0.2) is 0 Å². The van der Waals surface area contributed by atoms with Crippen molar-refractivity contribution in [3.05, 3.63) is 29.3 Å². The van der Waals surface area contributed by atoms with Gasteiger partial charge in [-0.3, -0.25) is 0 Å². The van der Waals surface area contributed by atoms with Crippen LogP contribution in [0.25, 0.3) is 0 Å². The fourth-order valence-corrected chi connectivity index (χ4v) is 1.82. The van der Waals surface area contributed by atoms with Crippen molar-refractivity contribution in [2.75, 3.05) is 20.1 Å². The third-order valence-electron chi connectivity index (χ3n) is 2.72. The zero-order valence-corrected chi connectivity index (χ0v) is 9.95. The molecule has 2 nitrogen and oxygen atoms in total. The molecule has 0 spiro atoms. The van der Waals surface area contributed by atoms with Gasteiger partial charge in [-0.05, 0) is 43.1 Å². The maximum absolute atomic E-state index is 9.33. The molecule has 0 unspecified atom stereocenters. The Hall–Kier alpha value is -1.02. The zero-order chi connectivity index (χ0) is 11.3. The summed E-state index contributed by atoms with van der Waals surface area (Å²) in [6, 6.07) is 5.72. The normalized spacial score (nSPS) is 15.9. The lowest BCUT2D eigenvalue weighted by molar-refractivity contribution is 0.352. The molecule has 0 saturated carbocycles. The molecule has 2 rings (SSSR count).